The minimum absolute atomic E-state index is 0.253. The Balaban J connectivity index is 2.47. The van der Waals surface area contributed by atoms with Crippen LogP contribution in [-0.2, 0) is 14.3 Å². The lowest BCUT2D eigenvalue weighted by atomic mass is 10.1. The van der Waals surface area contributed by atoms with Crippen LogP contribution in [0.1, 0.15) is 26.3 Å². The zero-order valence-electron chi connectivity index (χ0n) is 14.5. The summed E-state index contributed by atoms with van der Waals surface area (Å²) in [5.74, 6) is -0.769. The van der Waals surface area contributed by atoms with Gasteiger partial charge in [0.05, 0.1) is 12.6 Å². The van der Waals surface area contributed by atoms with E-state index in [0.717, 1.165) is 5.39 Å². The summed E-state index contributed by atoms with van der Waals surface area (Å²) in [7, 11) is 1.19. The third kappa shape index (κ3) is 4.22. The van der Waals surface area contributed by atoms with Crippen LogP contribution in [0.15, 0.2) is 36.5 Å². The van der Waals surface area contributed by atoms with Crippen LogP contribution in [0, 0.1) is 0 Å². The first kappa shape index (κ1) is 18.2. The Morgan fingerprint density at radius 1 is 1.24 bits per heavy atom. The Bertz CT molecular complexity index is 897. The number of hydrogen-bond acceptors (Lipinski definition) is 4. The highest BCUT2D eigenvalue weighted by molar-refractivity contribution is 6.39. The molecule has 0 aliphatic heterocycles. The molecule has 0 aliphatic rings. The average molecular weight is 341 g/mol. The van der Waals surface area contributed by atoms with Crippen molar-refractivity contribution in [3.63, 3.8) is 0 Å². The molecule has 1 aromatic heterocycles. The van der Waals surface area contributed by atoms with E-state index in [1.54, 1.807) is 39.1 Å². The van der Waals surface area contributed by atoms with Gasteiger partial charge in [-0.3, -0.25) is 4.57 Å². The minimum atomic E-state index is -0.769. The predicted octanol–water partition coefficient (Wildman–Crippen LogP) is 3.28. The van der Waals surface area contributed by atoms with Crippen molar-refractivity contribution < 1.29 is 23.9 Å². The Labute approximate surface area is 145 Å². The molecule has 0 unspecified atom stereocenters. The van der Waals surface area contributed by atoms with Gasteiger partial charge >= 0.3 is 17.8 Å². The first-order valence-corrected chi connectivity index (χ1v) is 7.58. The third-order valence-corrected chi connectivity index (χ3v) is 3.26. The number of fused-ring (bicyclic) bond motifs is 1. The van der Waals surface area contributed by atoms with Crippen LogP contribution < -0.4 is 0 Å². The highest BCUT2D eigenvalue weighted by Crippen LogP contribution is 2.23. The van der Waals surface area contributed by atoms with E-state index in [1.165, 1.54) is 17.8 Å². The second-order valence-electron chi connectivity index (χ2n) is 6.26. The molecular weight excluding hydrogens is 322 g/mol. The van der Waals surface area contributed by atoms with Crippen molar-refractivity contribution in [3.05, 3.63) is 47.6 Å². The molecule has 0 saturated carbocycles. The lowest BCUT2D eigenvalue weighted by Crippen LogP contribution is -2.26. The number of carbonyl (C=O) groups excluding carboxylic acids is 2. The molecule has 0 spiro atoms. The van der Waals surface area contributed by atoms with Gasteiger partial charge in [0.15, 0.2) is 0 Å². The average Bonchev–Trinajstić information content (AvgIpc) is 2.93. The molecule has 0 saturated heterocycles. The van der Waals surface area contributed by atoms with Crippen LogP contribution in [-0.4, -0.2) is 39.8 Å². The maximum Gasteiger partial charge on any atom is 0.421 e. The molecule has 2 rings (SSSR count). The van der Waals surface area contributed by atoms with Crippen molar-refractivity contribution in [2.75, 3.05) is 7.11 Å². The number of ether oxygens (including phenoxy) is 2. The molecule has 0 radical (unpaired) electrons. The monoisotopic (exact) mass is 341 g/mol. The van der Waals surface area contributed by atoms with Gasteiger partial charge in [-0.1, -0.05) is 18.2 Å². The SMILES string of the molecule is COC(=O)C(C=Cc1cn(C(=O)OC(C)(C)C)c2ccccc12)=[N+]=[N-]. The second kappa shape index (κ2) is 7.15. The van der Waals surface area contributed by atoms with E-state index >= 15 is 0 Å². The Kier molecular flexibility index (Phi) is 5.20. The second-order valence-corrected chi connectivity index (χ2v) is 6.26. The summed E-state index contributed by atoms with van der Waals surface area (Å²) >= 11 is 0. The lowest BCUT2D eigenvalue weighted by molar-refractivity contribution is -0.137. The minimum Gasteiger partial charge on any atom is -0.460 e. The standard InChI is InChI=1S/C18H19N3O4/c1-18(2,3)25-17(23)21-11-12(13-7-5-6-8-15(13)21)9-10-14(20-19)16(22)24-4/h5-11H,1-4H3. The van der Waals surface area contributed by atoms with E-state index in [1.807, 2.05) is 18.2 Å². The summed E-state index contributed by atoms with van der Waals surface area (Å²) < 4.78 is 11.3. The van der Waals surface area contributed by atoms with Gasteiger partial charge in [0, 0.05) is 23.2 Å². The summed E-state index contributed by atoms with van der Waals surface area (Å²) in [6, 6.07) is 7.27. The zero-order chi connectivity index (χ0) is 18.6. The van der Waals surface area contributed by atoms with E-state index in [2.05, 4.69) is 9.53 Å². The molecular formula is C18H19N3O4. The Morgan fingerprint density at radius 2 is 1.92 bits per heavy atom. The van der Waals surface area contributed by atoms with E-state index in [-0.39, 0.29) is 5.71 Å². The molecule has 0 amide bonds. The van der Waals surface area contributed by atoms with Gasteiger partial charge in [-0.25, -0.2) is 9.59 Å². The van der Waals surface area contributed by atoms with Crippen molar-refractivity contribution in [3.8, 4) is 0 Å². The molecule has 0 aliphatic carbocycles. The number of benzene rings is 1. The molecule has 130 valence electrons. The number of methoxy groups -OCH3 is 1. The zero-order valence-corrected chi connectivity index (χ0v) is 14.5. The number of para-hydroxylation sites is 1. The molecule has 0 atom stereocenters. The largest absolute Gasteiger partial charge is 0.460 e. The fourth-order valence-corrected chi connectivity index (χ4v) is 2.22. The fourth-order valence-electron chi connectivity index (χ4n) is 2.22. The highest BCUT2D eigenvalue weighted by Gasteiger charge is 2.21. The lowest BCUT2D eigenvalue weighted by Gasteiger charge is -2.19. The smallest absolute Gasteiger partial charge is 0.421 e. The fraction of sp³-hybridized carbons (Fsp3) is 0.278. The van der Waals surface area contributed by atoms with Crippen molar-refractivity contribution in [1.29, 1.82) is 0 Å². The highest BCUT2D eigenvalue weighted by atomic mass is 16.6. The number of hydrogen-bond donors (Lipinski definition) is 0. The number of esters is 1. The van der Waals surface area contributed by atoms with Crippen molar-refractivity contribution in [2.24, 2.45) is 0 Å². The maximum absolute atomic E-state index is 12.4. The summed E-state index contributed by atoms with van der Waals surface area (Å²) in [5.41, 5.74) is 9.34. The van der Waals surface area contributed by atoms with Crippen LogP contribution >= 0.6 is 0 Å². The number of rotatable bonds is 3. The van der Waals surface area contributed by atoms with Crippen LogP contribution in [0.4, 0.5) is 4.79 Å². The van der Waals surface area contributed by atoms with E-state index in [4.69, 9.17) is 10.3 Å². The molecule has 25 heavy (non-hydrogen) atoms. The van der Waals surface area contributed by atoms with Gasteiger partial charge in [0.25, 0.3) is 0 Å². The van der Waals surface area contributed by atoms with E-state index in [9.17, 15) is 9.59 Å². The molecule has 7 nitrogen and oxygen atoms in total. The molecule has 0 fully saturated rings. The van der Waals surface area contributed by atoms with Crippen molar-refractivity contribution in [2.45, 2.75) is 26.4 Å². The third-order valence-electron chi connectivity index (χ3n) is 3.26. The van der Waals surface area contributed by atoms with Crippen LogP contribution in [0.5, 0.6) is 0 Å². The number of aromatic nitrogens is 1. The van der Waals surface area contributed by atoms with Crippen molar-refractivity contribution in [1.82, 2.24) is 4.57 Å². The number of nitrogens with zero attached hydrogens (tertiary/aromatic N) is 3. The summed E-state index contributed by atoms with van der Waals surface area (Å²) in [4.78, 5) is 26.8. The molecule has 1 heterocycles. The molecule has 0 N–H and O–H groups in total. The van der Waals surface area contributed by atoms with Gasteiger partial charge in [-0.2, -0.15) is 4.79 Å². The summed E-state index contributed by atoms with van der Waals surface area (Å²) in [6.07, 6.45) is 3.97. The Morgan fingerprint density at radius 3 is 2.52 bits per heavy atom. The van der Waals surface area contributed by atoms with Gasteiger partial charge in [0.2, 0.25) is 0 Å². The van der Waals surface area contributed by atoms with Crippen LogP contribution in [0.2, 0.25) is 0 Å². The van der Waals surface area contributed by atoms with Gasteiger partial charge in [-0.05, 0) is 32.9 Å². The first-order chi connectivity index (χ1) is 11.8. The predicted molar refractivity (Wildman–Crippen MR) is 93.2 cm³/mol. The molecule has 1 aromatic carbocycles. The molecule has 7 heteroatoms. The van der Waals surface area contributed by atoms with Gasteiger partial charge in [0.1, 0.15) is 5.60 Å². The normalized spacial score (nSPS) is 11.4. The summed E-state index contributed by atoms with van der Waals surface area (Å²) in [5, 5.41) is 0.784. The quantitative estimate of drug-likeness (QED) is 0.370. The molecule has 0 bridgehead atoms. The van der Waals surface area contributed by atoms with E-state index < -0.39 is 17.7 Å². The maximum atomic E-state index is 12.4. The van der Waals surface area contributed by atoms with Gasteiger partial charge in [-0.15, -0.1) is 0 Å². The van der Waals surface area contributed by atoms with E-state index in [0.29, 0.717) is 11.1 Å². The molecule has 2 aromatic rings. The Hall–Kier alpha value is -3.18. The topological polar surface area (TPSA) is 93.9 Å². The summed E-state index contributed by atoms with van der Waals surface area (Å²) in [6.45, 7) is 5.37. The first-order valence-electron chi connectivity index (χ1n) is 7.58. The van der Waals surface area contributed by atoms with Crippen LogP contribution in [0.3, 0.4) is 0 Å². The van der Waals surface area contributed by atoms with Gasteiger partial charge < -0.3 is 15.0 Å². The van der Waals surface area contributed by atoms with Crippen LogP contribution in [0.25, 0.3) is 22.5 Å². The van der Waals surface area contributed by atoms with Crippen molar-refractivity contribution >= 4 is 34.8 Å². The number of carbonyl (C=O) groups is 2.